The Balaban J connectivity index is 1.25. The highest BCUT2D eigenvalue weighted by Crippen LogP contribution is 2.28. The number of benzene rings is 3. The van der Waals surface area contributed by atoms with E-state index in [2.05, 4.69) is 20.8 Å². The van der Waals surface area contributed by atoms with Crippen molar-refractivity contribution in [3.05, 3.63) is 100.0 Å². The zero-order valence-electron chi connectivity index (χ0n) is 22.0. The summed E-state index contributed by atoms with van der Waals surface area (Å²) in [5.41, 5.74) is 3.38. The summed E-state index contributed by atoms with van der Waals surface area (Å²) in [4.78, 5) is 37.9. The van der Waals surface area contributed by atoms with Gasteiger partial charge in [0.25, 0.3) is 17.4 Å². The molecule has 2 heterocycles. The van der Waals surface area contributed by atoms with Crippen molar-refractivity contribution in [3.8, 4) is 17.2 Å². The zero-order valence-corrected chi connectivity index (χ0v) is 22.0. The second-order valence-electron chi connectivity index (χ2n) is 8.88. The number of hydrogen-bond donors (Lipinski definition) is 2. The van der Waals surface area contributed by atoms with E-state index in [9.17, 15) is 14.4 Å². The van der Waals surface area contributed by atoms with Gasteiger partial charge in [0, 0.05) is 12.6 Å². The molecule has 1 aliphatic rings. The molecule has 0 saturated heterocycles. The van der Waals surface area contributed by atoms with E-state index in [1.165, 1.54) is 18.0 Å². The smallest absolute Gasteiger partial charge is 0.295 e. The van der Waals surface area contributed by atoms with Crippen molar-refractivity contribution in [1.82, 2.24) is 9.36 Å². The second kappa shape index (κ2) is 11.1. The first-order valence-electron chi connectivity index (χ1n) is 12.3. The number of methoxy groups -OCH3 is 1. The summed E-state index contributed by atoms with van der Waals surface area (Å²) in [6.07, 6.45) is 1.48. The van der Waals surface area contributed by atoms with Gasteiger partial charge in [-0.25, -0.2) is 4.68 Å². The highest BCUT2D eigenvalue weighted by atomic mass is 16.5. The van der Waals surface area contributed by atoms with Crippen molar-refractivity contribution in [2.75, 3.05) is 24.4 Å². The lowest BCUT2D eigenvalue weighted by molar-refractivity contribution is -0.118. The van der Waals surface area contributed by atoms with Crippen LogP contribution in [0.3, 0.4) is 0 Å². The SMILES string of the molecule is COc1cc(/C=N/N=C2/C(=O)Nc3ccccc32)ccc1OCC(=O)Nc1c(C)n(C)n(-c2ccccc2)c1=O. The first kappa shape index (κ1) is 26.2. The molecular formula is C29H26N6O5. The Hall–Kier alpha value is -5.45. The lowest BCUT2D eigenvalue weighted by Gasteiger charge is -2.11. The zero-order chi connectivity index (χ0) is 28.2. The third kappa shape index (κ3) is 5.12. The average Bonchev–Trinajstić information content (AvgIpc) is 3.39. The van der Waals surface area contributed by atoms with E-state index in [0.29, 0.717) is 39.7 Å². The summed E-state index contributed by atoms with van der Waals surface area (Å²) >= 11 is 0. The van der Waals surface area contributed by atoms with Gasteiger partial charge in [-0.2, -0.15) is 5.10 Å². The molecule has 11 heteroatoms. The van der Waals surface area contributed by atoms with Crippen LogP contribution in [0.25, 0.3) is 5.69 Å². The van der Waals surface area contributed by atoms with Crippen LogP contribution in [0.5, 0.6) is 11.5 Å². The molecule has 5 rings (SSSR count). The minimum atomic E-state index is -0.496. The molecule has 0 spiro atoms. The molecule has 2 amide bonds. The van der Waals surface area contributed by atoms with Crippen LogP contribution in [-0.4, -0.2) is 46.8 Å². The molecule has 0 aliphatic carbocycles. The number of para-hydroxylation sites is 2. The molecule has 2 N–H and O–H groups in total. The molecule has 1 aromatic heterocycles. The van der Waals surface area contributed by atoms with Crippen molar-refractivity contribution in [2.45, 2.75) is 6.92 Å². The maximum atomic E-state index is 13.0. The predicted octanol–water partition coefficient (Wildman–Crippen LogP) is 3.29. The molecule has 0 saturated carbocycles. The summed E-state index contributed by atoms with van der Waals surface area (Å²) < 4.78 is 14.3. The molecule has 0 fully saturated rings. The number of nitrogens with one attached hydrogen (secondary N) is 2. The van der Waals surface area contributed by atoms with Crippen LogP contribution < -0.4 is 25.7 Å². The van der Waals surface area contributed by atoms with Crippen LogP contribution in [-0.2, 0) is 16.6 Å². The Morgan fingerprint density at radius 2 is 1.77 bits per heavy atom. The highest BCUT2D eigenvalue weighted by Gasteiger charge is 2.25. The Morgan fingerprint density at radius 1 is 1.02 bits per heavy atom. The highest BCUT2D eigenvalue weighted by molar-refractivity contribution is 6.53. The quantitative estimate of drug-likeness (QED) is 0.263. The van der Waals surface area contributed by atoms with Gasteiger partial charge in [0.15, 0.2) is 23.8 Å². The lowest BCUT2D eigenvalue weighted by atomic mass is 10.1. The number of amides is 2. The predicted molar refractivity (Wildman–Crippen MR) is 152 cm³/mol. The number of carbonyl (C=O) groups is 2. The number of fused-ring (bicyclic) bond motifs is 1. The van der Waals surface area contributed by atoms with E-state index in [-0.39, 0.29) is 29.5 Å². The number of hydrogen-bond acceptors (Lipinski definition) is 7. The van der Waals surface area contributed by atoms with Gasteiger partial charge in [0.1, 0.15) is 5.69 Å². The molecule has 0 radical (unpaired) electrons. The van der Waals surface area contributed by atoms with Gasteiger partial charge < -0.3 is 20.1 Å². The molecule has 0 bridgehead atoms. The monoisotopic (exact) mass is 538 g/mol. The lowest BCUT2D eigenvalue weighted by Crippen LogP contribution is -2.25. The number of anilines is 2. The molecule has 11 nitrogen and oxygen atoms in total. The summed E-state index contributed by atoms with van der Waals surface area (Å²) in [5, 5.41) is 13.5. The molecule has 4 aromatic rings. The number of ether oxygens (including phenoxy) is 2. The fourth-order valence-corrected chi connectivity index (χ4v) is 4.27. The normalized spacial score (nSPS) is 13.4. The van der Waals surface area contributed by atoms with Gasteiger partial charge in [0.2, 0.25) is 0 Å². The fourth-order valence-electron chi connectivity index (χ4n) is 4.27. The van der Waals surface area contributed by atoms with Crippen molar-refractivity contribution in [3.63, 3.8) is 0 Å². The average molecular weight is 539 g/mol. The first-order chi connectivity index (χ1) is 19.4. The number of nitrogens with zero attached hydrogens (tertiary/aromatic N) is 4. The first-order valence-corrected chi connectivity index (χ1v) is 12.3. The van der Waals surface area contributed by atoms with Crippen molar-refractivity contribution in [1.29, 1.82) is 0 Å². The van der Waals surface area contributed by atoms with Crippen LogP contribution in [0.2, 0.25) is 0 Å². The molecule has 1 aliphatic heterocycles. The van der Waals surface area contributed by atoms with E-state index < -0.39 is 5.91 Å². The Kier molecular flexibility index (Phi) is 7.27. The summed E-state index contributed by atoms with van der Waals surface area (Å²) in [6, 6.07) is 21.4. The van der Waals surface area contributed by atoms with E-state index in [1.54, 1.807) is 49.0 Å². The molecule has 40 heavy (non-hydrogen) atoms. The van der Waals surface area contributed by atoms with E-state index >= 15 is 0 Å². The van der Waals surface area contributed by atoms with Crippen LogP contribution in [0.15, 0.2) is 87.8 Å². The number of carbonyl (C=O) groups excluding carboxylic acids is 2. The molecule has 202 valence electrons. The van der Waals surface area contributed by atoms with Crippen molar-refractivity contribution >= 4 is 35.1 Å². The van der Waals surface area contributed by atoms with E-state index in [1.807, 2.05) is 42.5 Å². The van der Waals surface area contributed by atoms with Crippen LogP contribution >= 0.6 is 0 Å². The molecule has 0 atom stereocenters. The van der Waals surface area contributed by atoms with Crippen LogP contribution in [0.1, 0.15) is 16.8 Å². The minimum absolute atomic E-state index is 0.179. The van der Waals surface area contributed by atoms with Gasteiger partial charge in [0.05, 0.1) is 30.4 Å². The Morgan fingerprint density at radius 3 is 2.55 bits per heavy atom. The Bertz CT molecular complexity index is 1720. The standard InChI is InChI=1S/C29H26N6O5/c1-18-26(29(38)35(34(18)2)20-9-5-4-6-10-20)32-25(36)17-40-23-14-13-19(15-24(23)39-3)16-30-33-27-21-11-7-8-12-22(21)31-28(27)37/h4-16H,17H2,1-3H3,(H,32,36)(H,31,33,37)/b30-16+. The summed E-state index contributed by atoms with van der Waals surface area (Å²) in [6.45, 7) is 1.41. The largest absolute Gasteiger partial charge is 0.493 e. The topological polar surface area (TPSA) is 128 Å². The maximum Gasteiger partial charge on any atom is 0.295 e. The van der Waals surface area contributed by atoms with E-state index in [0.717, 1.165) is 0 Å². The fraction of sp³-hybridized carbons (Fsp3) is 0.138. The van der Waals surface area contributed by atoms with Crippen molar-refractivity contribution < 1.29 is 19.1 Å². The third-order valence-corrected chi connectivity index (χ3v) is 6.38. The Labute approximate surface area is 229 Å². The van der Waals surface area contributed by atoms with Gasteiger partial charge >= 0.3 is 0 Å². The number of rotatable bonds is 8. The molecule has 0 unspecified atom stereocenters. The van der Waals surface area contributed by atoms with E-state index in [4.69, 9.17) is 9.47 Å². The van der Waals surface area contributed by atoms with Gasteiger partial charge in [-0.1, -0.05) is 36.4 Å². The second-order valence-corrected chi connectivity index (χ2v) is 8.88. The van der Waals surface area contributed by atoms with Gasteiger partial charge in [-0.3, -0.25) is 19.1 Å². The van der Waals surface area contributed by atoms with Gasteiger partial charge in [-0.05, 0) is 48.9 Å². The molecule has 3 aromatic carbocycles. The number of aromatic nitrogens is 2. The summed E-state index contributed by atoms with van der Waals surface area (Å²) in [7, 11) is 3.22. The van der Waals surface area contributed by atoms with Crippen molar-refractivity contribution in [2.24, 2.45) is 17.3 Å². The minimum Gasteiger partial charge on any atom is -0.493 e. The summed E-state index contributed by atoms with van der Waals surface area (Å²) in [5.74, 6) is -0.111. The third-order valence-electron chi connectivity index (χ3n) is 6.38. The maximum absolute atomic E-state index is 13.0. The van der Waals surface area contributed by atoms with Crippen LogP contribution in [0.4, 0.5) is 11.4 Å². The molecular weight excluding hydrogens is 512 g/mol. The van der Waals surface area contributed by atoms with Gasteiger partial charge in [-0.15, -0.1) is 5.10 Å². The van der Waals surface area contributed by atoms with Crippen LogP contribution in [0, 0.1) is 6.92 Å².